The molecule has 0 atom stereocenters. The van der Waals surface area contributed by atoms with Crippen LogP contribution in [0.15, 0.2) is 21.4 Å². The van der Waals surface area contributed by atoms with Gasteiger partial charge in [0.2, 0.25) is 0 Å². The maximum Gasteiger partial charge on any atom is 0.312 e. The average molecular weight is 396 g/mol. The first kappa shape index (κ1) is 18.6. The van der Waals surface area contributed by atoms with Crippen molar-refractivity contribution in [3.05, 3.63) is 38.3 Å². The van der Waals surface area contributed by atoms with Crippen LogP contribution in [0.4, 0.5) is 0 Å². The second kappa shape index (κ2) is 7.03. The molecular weight excluding hydrogens is 374 g/mol. The van der Waals surface area contributed by atoms with Gasteiger partial charge in [0, 0.05) is 11.0 Å². The molecule has 0 saturated carbocycles. The Labute approximate surface area is 149 Å². The van der Waals surface area contributed by atoms with Crippen LogP contribution in [0.5, 0.6) is 0 Å². The summed E-state index contributed by atoms with van der Waals surface area (Å²) in [5.74, 6) is 0.142. The molecule has 1 heterocycles. The molecular formula is C17H22BrN3O3. The molecule has 0 aliphatic carbocycles. The molecule has 0 aliphatic heterocycles. The van der Waals surface area contributed by atoms with Crippen LogP contribution in [0, 0.1) is 12.3 Å². The summed E-state index contributed by atoms with van der Waals surface area (Å²) in [6.45, 7) is 7.52. The number of benzene rings is 1. The Balaban J connectivity index is 2.46. The maximum atomic E-state index is 12.8. The van der Waals surface area contributed by atoms with Gasteiger partial charge in [-0.2, -0.15) is 0 Å². The first-order chi connectivity index (χ1) is 11.1. The van der Waals surface area contributed by atoms with Crippen LogP contribution in [0.1, 0.15) is 32.2 Å². The van der Waals surface area contributed by atoms with E-state index in [1.54, 1.807) is 27.7 Å². The van der Waals surface area contributed by atoms with Crippen molar-refractivity contribution in [3.63, 3.8) is 0 Å². The van der Waals surface area contributed by atoms with E-state index in [2.05, 4.69) is 26.2 Å². The van der Waals surface area contributed by atoms with Gasteiger partial charge in [0.1, 0.15) is 5.82 Å². The quantitative estimate of drug-likeness (QED) is 0.805. The van der Waals surface area contributed by atoms with Gasteiger partial charge >= 0.3 is 5.97 Å². The average Bonchev–Trinajstić information content (AvgIpc) is 2.47. The summed E-state index contributed by atoms with van der Waals surface area (Å²) in [4.78, 5) is 29.2. The minimum absolute atomic E-state index is 0.138. The van der Waals surface area contributed by atoms with Gasteiger partial charge in [0.25, 0.3) is 5.56 Å². The normalized spacial score (nSPS) is 11.8. The number of halogens is 1. The smallest absolute Gasteiger partial charge is 0.312 e. The predicted molar refractivity (Wildman–Crippen MR) is 96.8 cm³/mol. The minimum atomic E-state index is -0.618. The topological polar surface area (TPSA) is 73.2 Å². The summed E-state index contributed by atoms with van der Waals surface area (Å²) in [5.41, 5.74) is 0.741. The van der Waals surface area contributed by atoms with E-state index >= 15 is 0 Å². The highest BCUT2D eigenvalue weighted by Gasteiger charge is 2.23. The first-order valence-electron chi connectivity index (χ1n) is 7.66. The van der Waals surface area contributed by atoms with E-state index in [1.165, 1.54) is 4.57 Å². The Morgan fingerprint density at radius 1 is 1.38 bits per heavy atom. The molecule has 0 bridgehead atoms. The van der Waals surface area contributed by atoms with E-state index in [0.29, 0.717) is 23.3 Å². The van der Waals surface area contributed by atoms with Crippen molar-refractivity contribution in [2.75, 3.05) is 7.05 Å². The molecule has 130 valence electrons. The largest absolute Gasteiger partial charge is 0.443 e. The summed E-state index contributed by atoms with van der Waals surface area (Å²) in [6, 6.07) is 3.65. The van der Waals surface area contributed by atoms with Crippen LogP contribution < -0.4 is 10.9 Å². The number of aromatic nitrogens is 2. The van der Waals surface area contributed by atoms with Gasteiger partial charge < -0.3 is 10.1 Å². The lowest BCUT2D eigenvalue weighted by atomic mass is 9.98. The Hall–Kier alpha value is -1.73. The van der Waals surface area contributed by atoms with Gasteiger partial charge in [-0.15, -0.1) is 0 Å². The van der Waals surface area contributed by atoms with Crippen molar-refractivity contribution in [1.82, 2.24) is 14.9 Å². The second-order valence-electron chi connectivity index (χ2n) is 6.69. The number of hydrogen-bond acceptors (Lipinski definition) is 5. The zero-order valence-corrected chi connectivity index (χ0v) is 16.2. The van der Waals surface area contributed by atoms with Crippen LogP contribution in [0.2, 0.25) is 0 Å². The number of carbonyl (C=O) groups excluding carboxylic acids is 1. The van der Waals surface area contributed by atoms with Crippen LogP contribution in [0.3, 0.4) is 0 Å². The molecule has 24 heavy (non-hydrogen) atoms. The van der Waals surface area contributed by atoms with Gasteiger partial charge in [-0.05, 0) is 52.4 Å². The maximum absolute atomic E-state index is 12.8. The summed E-state index contributed by atoms with van der Waals surface area (Å²) in [5, 5.41) is 3.56. The van der Waals surface area contributed by atoms with Crippen LogP contribution in [-0.4, -0.2) is 22.6 Å². The van der Waals surface area contributed by atoms with Gasteiger partial charge in [-0.1, -0.05) is 15.9 Å². The number of carbonyl (C=O) groups is 1. The Bertz CT molecular complexity index is 838. The highest BCUT2D eigenvalue weighted by molar-refractivity contribution is 9.10. The van der Waals surface area contributed by atoms with Crippen LogP contribution in [-0.2, 0) is 22.8 Å². The number of aryl methyl sites for hydroxylation is 1. The lowest BCUT2D eigenvalue weighted by Gasteiger charge is -2.18. The molecule has 0 unspecified atom stereocenters. The second-order valence-corrected chi connectivity index (χ2v) is 7.55. The number of rotatable bonds is 4. The Morgan fingerprint density at radius 2 is 2.04 bits per heavy atom. The number of hydrogen-bond donors (Lipinski definition) is 1. The first-order valence-corrected chi connectivity index (χ1v) is 8.46. The zero-order valence-electron chi connectivity index (χ0n) is 14.6. The molecule has 0 amide bonds. The third-order valence-electron chi connectivity index (χ3n) is 3.62. The predicted octanol–water partition coefficient (Wildman–Crippen LogP) is 2.73. The molecule has 0 radical (unpaired) electrons. The van der Waals surface area contributed by atoms with E-state index in [9.17, 15) is 9.59 Å². The fourth-order valence-corrected chi connectivity index (χ4v) is 2.69. The van der Waals surface area contributed by atoms with Gasteiger partial charge in [0.15, 0.2) is 6.73 Å². The summed E-state index contributed by atoms with van der Waals surface area (Å²) < 4.78 is 7.54. The van der Waals surface area contributed by atoms with Crippen molar-refractivity contribution in [1.29, 1.82) is 0 Å². The summed E-state index contributed by atoms with van der Waals surface area (Å²) in [6.07, 6.45) is 0. The third kappa shape index (κ3) is 3.84. The standard InChI is InChI=1S/C17H22BrN3O3/c1-10-20-14-7-13(18)11(8-19-5)6-12(14)15(22)21(10)9-24-16(23)17(2,3)4/h6-7,19H,8-9H2,1-5H3. The van der Waals surface area contributed by atoms with Gasteiger partial charge in [-0.25, -0.2) is 4.98 Å². The zero-order chi connectivity index (χ0) is 18.1. The highest BCUT2D eigenvalue weighted by atomic mass is 79.9. The molecule has 1 aromatic heterocycles. The van der Waals surface area contributed by atoms with Crippen LogP contribution in [0.25, 0.3) is 10.9 Å². The molecule has 2 aromatic rings. The van der Waals surface area contributed by atoms with E-state index in [0.717, 1.165) is 10.0 Å². The van der Waals surface area contributed by atoms with Crippen molar-refractivity contribution in [2.45, 2.75) is 41.0 Å². The number of nitrogens with zero attached hydrogens (tertiary/aromatic N) is 2. The molecule has 0 spiro atoms. The van der Waals surface area contributed by atoms with E-state index in [4.69, 9.17) is 4.74 Å². The summed E-state index contributed by atoms with van der Waals surface area (Å²) >= 11 is 3.50. The minimum Gasteiger partial charge on any atom is -0.443 e. The van der Waals surface area contributed by atoms with E-state index in [1.807, 2.05) is 19.2 Å². The number of nitrogens with one attached hydrogen (secondary N) is 1. The molecule has 6 nitrogen and oxygen atoms in total. The fraction of sp³-hybridized carbons (Fsp3) is 0.471. The lowest BCUT2D eigenvalue weighted by Crippen LogP contribution is -2.30. The van der Waals surface area contributed by atoms with Gasteiger partial charge in [0.05, 0.1) is 16.3 Å². The monoisotopic (exact) mass is 395 g/mol. The van der Waals surface area contributed by atoms with Crippen molar-refractivity contribution < 1.29 is 9.53 Å². The highest BCUT2D eigenvalue weighted by Crippen LogP contribution is 2.22. The number of esters is 1. The molecule has 0 aliphatic rings. The number of fused-ring (bicyclic) bond motifs is 1. The SMILES string of the molecule is CNCc1cc2c(=O)n(COC(=O)C(C)(C)C)c(C)nc2cc1Br. The number of ether oxygens (including phenoxy) is 1. The van der Waals surface area contributed by atoms with Gasteiger partial charge in [-0.3, -0.25) is 14.2 Å². The van der Waals surface area contributed by atoms with Crippen molar-refractivity contribution in [3.8, 4) is 0 Å². The molecule has 1 N–H and O–H groups in total. The molecule has 7 heteroatoms. The van der Waals surface area contributed by atoms with E-state index < -0.39 is 5.41 Å². The molecule has 1 aromatic carbocycles. The Morgan fingerprint density at radius 3 is 2.62 bits per heavy atom. The Kier molecular flexibility index (Phi) is 5.45. The molecule has 0 saturated heterocycles. The van der Waals surface area contributed by atoms with Crippen LogP contribution >= 0.6 is 15.9 Å². The van der Waals surface area contributed by atoms with Crippen molar-refractivity contribution in [2.24, 2.45) is 5.41 Å². The fourth-order valence-electron chi connectivity index (χ4n) is 2.22. The van der Waals surface area contributed by atoms with E-state index in [-0.39, 0.29) is 18.3 Å². The molecule has 2 rings (SSSR count). The van der Waals surface area contributed by atoms with Crippen molar-refractivity contribution >= 4 is 32.8 Å². The molecule has 0 fully saturated rings. The lowest BCUT2D eigenvalue weighted by molar-refractivity contribution is -0.157. The third-order valence-corrected chi connectivity index (χ3v) is 4.36. The summed E-state index contributed by atoms with van der Waals surface area (Å²) in [7, 11) is 1.84.